The van der Waals surface area contributed by atoms with Gasteiger partial charge in [0.1, 0.15) is 0 Å². The largest absolute Gasteiger partial charge is 0.356 e. The molecular formula is C17H21ClN2OS. The number of carbonyl (C=O) groups excluding carboxylic acids is 1. The number of benzene rings is 1. The summed E-state index contributed by atoms with van der Waals surface area (Å²) in [6.45, 7) is 4.89. The number of aryl methyl sites for hydroxylation is 1. The lowest BCUT2D eigenvalue weighted by Crippen LogP contribution is -2.25. The summed E-state index contributed by atoms with van der Waals surface area (Å²) in [6, 6.07) is 7.72. The van der Waals surface area contributed by atoms with Gasteiger partial charge in [-0.25, -0.2) is 4.98 Å². The van der Waals surface area contributed by atoms with Crippen LogP contribution in [0, 0.1) is 0 Å². The third-order valence-corrected chi connectivity index (χ3v) is 4.51. The van der Waals surface area contributed by atoms with Crippen LogP contribution in [0.25, 0.3) is 0 Å². The predicted molar refractivity (Wildman–Crippen MR) is 92.7 cm³/mol. The maximum Gasteiger partial charge on any atom is 0.220 e. The summed E-state index contributed by atoms with van der Waals surface area (Å²) in [5, 5.41) is 6.79. The molecule has 0 aliphatic heterocycles. The van der Waals surface area contributed by atoms with Crippen LogP contribution in [0.2, 0.25) is 5.02 Å². The molecule has 1 amide bonds. The van der Waals surface area contributed by atoms with Crippen molar-refractivity contribution in [3.05, 3.63) is 50.9 Å². The van der Waals surface area contributed by atoms with Crippen LogP contribution in [-0.4, -0.2) is 17.4 Å². The maximum atomic E-state index is 11.9. The van der Waals surface area contributed by atoms with Gasteiger partial charge in [-0.05, 0) is 30.0 Å². The van der Waals surface area contributed by atoms with Crippen molar-refractivity contribution in [2.45, 2.75) is 39.0 Å². The second-order valence-electron chi connectivity index (χ2n) is 5.55. The van der Waals surface area contributed by atoms with E-state index < -0.39 is 0 Å². The fourth-order valence-corrected chi connectivity index (χ4v) is 3.23. The molecule has 2 rings (SSSR count). The Balaban J connectivity index is 1.69. The lowest BCUT2D eigenvalue weighted by Gasteiger charge is -2.05. The van der Waals surface area contributed by atoms with Crippen molar-refractivity contribution in [1.29, 1.82) is 0 Å². The molecule has 1 heterocycles. The van der Waals surface area contributed by atoms with Gasteiger partial charge in [0.05, 0.1) is 10.7 Å². The van der Waals surface area contributed by atoms with Gasteiger partial charge >= 0.3 is 0 Å². The van der Waals surface area contributed by atoms with Crippen LogP contribution in [-0.2, 0) is 17.6 Å². The van der Waals surface area contributed by atoms with Gasteiger partial charge in [-0.3, -0.25) is 4.79 Å². The van der Waals surface area contributed by atoms with Gasteiger partial charge in [-0.1, -0.05) is 37.6 Å². The second kappa shape index (κ2) is 8.30. The Morgan fingerprint density at radius 2 is 2.18 bits per heavy atom. The average Bonchev–Trinajstić information content (AvgIpc) is 2.94. The molecule has 0 saturated heterocycles. The van der Waals surface area contributed by atoms with E-state index >= 15 is 0 Å². The maximum absolute atomic E-state index is 11.9. The Labute approximate surface area is 140 Å². The number of hydrogen-bond donors (Lipinski definition) is 1. The molecule has 0 bridgehead atoms. The molecular weight excluding hydrogens is 316 g/mol. The molecule has 22 heavy (non-hydrogen) atoms. The first-order valence-corrected chi connectivity index (χ1v) is 8.76. The van der Waals surface area contributed by atoms with Crippen LogP contribution in [0.5, 0.6) is 0 Å². The SMILES string of the molecule is CC(C)c1csc(CCC(=O)NCCc2cccc(Cl)c2)n1. The monoisotopic (exact) mass is 336 g/mol. The highest BCUT2D eigenvalue weighted by Crippen LogP contribution is 2.18. The first-order chi connectivity index (χ1) is 10.5. The Bertz CT molecular complexity index is 625. The van der Waals surface area contributed by atoms with E-state index in [0.717, 1.165) is 27.7 Å². The zero-order chi connectivity index (χ0) is 15.9. The minimum absolute atomic E-state index is 0.0725. The Morgan fingerprint density at radius 1 is 1.36 bits per heavy atom. The van der Waals surface area contributed by atoms with Crippen molar-refractivity contribution in [2.24, 2.45) is 0 Å². The summed E-state index contributed by atoms with van der Waals surface area (Å²) in [5.41, 5.74) is 2.25. The van der Waals surface area contributed by atoms with Crippen LogP contribution < -0.4 is 5.32 Å². The second-order valence-corrected chi connectivity index (χ2v) is 6.93. The van der Waals surface area contributed by atoms with Gasteiger partial charge in [-0.15, -0.1) is 11.3 Å². The molecule has 5 heteroatoms. The van der Waals surface area contributed by atoms with Crippen LogP contribution in [0.15, 0.2) is 29.6 Å². The molecule has 0 spiro atoms. The van der Waals surface area contributed by atoms with Crippen LogP contribution in [0.1, 0.15) is 42.5 Å². The topological polar surface area (TPSA) is 42.0 Å². The summed E-state index contributed by atoms with van der Waals surface area (Å²) in [4.78, 5) is 16.4. The Hall–Kier alpha value is -1.39. The number of aromatic nitrogens is 1. The van der Waals surface area contributed by atoms with E-state index in [-0.39, 0.29) is 5.91 Å². The van der Waals surface area contributed by atoms with Crippen molar-refractivity contribution < 1.29 is 4.79 Å². The summed E-state index contributed by atoms with van der Waals surface area (Å²) in [6.07, 6.45) is 1.99. The number of nitrogens with one attached hydrogen (secondary N) is 1. The predicted octanol–water partition coefficient (Wildman–Crippen LogP) is 4.21. The smallest absolute Gasteiger partial charge is 0.220 e. The quantitative estimate of drug-likeness (QED) is 0.822. The number of nitrogens with zero attached hydrogens (tertiary/aromatic N) is 1. The normalized spacial score (nSPS) is 10.9. The zero-order valence-corrected chi connectivity index (χ0v) is 14.5. The molecule has 1 aromatic heterocycles. The van der Waals surface area contributed by atoms with E-state index in [1.54, 1.807) is 11.3 Å². The molecule has 0 saturated carbocycles. The highest BCUT2D eigenvalue weighted by Gasteiger charge is 2.08. The standard InChI is InChI=1S/C17H21ClN2OS/c1-12(2)15-11-22-17(20-15)7-6-16(21)19-9-8-13-4-3-5-14(18)10-13/h3-5,10-12H,6-9H2,1-2H3,(H,19,21). The van der Waals surface area contributed by atoms with Gasteiger partial charge in [-0.2, -0.15) is 0 Å². The molecule has 0 atom stereocenters. The molecule has 1 N–H and O–H groups in total. The Morgan fingerprint density at radius 3 is 2.86 bits per heavy atom. The number of halogens is 1. The fourth-order valence-electron chi connectivity index (χ4n) is 2.05. The van der Waals surface area contributed by atoms with Crippen molar-refractivity contribution in [1.82, 2.24) is 10.3 Å². The van der Waals surface area contributed by atoms with Crippen LogP contribution in [0.4, 0.5) is 0 Å². The highest BCUT2D eigenvalue weighted by atomic mass is 35.5. The lowest BCUT2D eigenvalue weighted by molar-refractivity contribution is -0.121. The zero-order valence-electron chi connectivity index (χ0n) is 12.9. The third kappa shape index (κ3) is 5.43. The van der Waals surface area contributed by atoms with Crippen molar-refractivity contribution in [3.63, 3.8) is 0 Å². The van der Waals surface area contributed by atoms with Gasteiger partial charge in [0, 0.05) is 29.8 Å². The molecule has 2 aromatic rings. The van der Waals surface area contributed by atoms with Crippen LogP contribution >= 0.6 is 22.9 Å². The van der Waals surface area contributed by atoms with E-state index in [1.165, 1.54) is 0 Å². The molecule has 118 valence electrons. The average molecular weight is 337 g/mol. The minimum atomic E-state index is 0.0725. The molecule has 0 aliphatic carbocycles. The first-order valence-electron chi connectivity index (χ1n) is 7.50. The van der Waals surface area contributed by atoms with E-state index in [0.29, 0.717) is 25.3 Å². The van der Waals surface area contributed by atoms with E-state index in [4.69, 9.17) is 11.6 Å². The number of rotatable bonds is 7. The summed E-state index contributed by atoms with van der Waals surface area (Å²) in [5.74, 6) is 0.514. The first kappa shape index (κ1) is 17.0. The fraction of sp³-hybridized carbons (Fsp3) is 0.412. The summed E-state index contributed by atoms with van der Waals surface area (Å²) >= 11 is 7.57. The molecule has 0 radical (unpaired) electrons. The van der Waals surface area contributed by atoms with Crippen molar-refractivity contribution >= 4 is 28.8 Å². The molecule has 0 aliphatic rings. The van der Waals surface area contributed by atoms with E-state index in [9.17, 15) is 4.79 Å². The number of thiazole rings is 1. The summed E-state index contributed by atoms with van der Waals surface area (Å²) < 4.78 is 0. The van der Waals surface area contributed by atoms with Crippen molar-refractivity contribution in [3.8, 4) is 0 Å². The van der Waals surface area contributed by atoms with Gasteiger partial charge < -0.3 is 5.32 Å². The Kier molecular flexibility index (Phi) is 6.40. The minimum Gasteiger partial charge on any atom is -0.356 e. The van der Waals surface area contributed by atoms with Gasteiger partial charge in [0.25, 0.3) is 0 Å². The van der Waals surface area contributed by atoms with E-state index in [1.807, 2.05) is 24.3 Å². The van der Waals surface area contributed by atoms with Gasteiger partial charge in [0.15, 0.2) is 0 Å². The molecule has 1 aromatic carbocycles. The molecule has 0 fully saturated rings. The van der Waals surface area contributed by atoms with E-state index in [2.05, 4.69) is 29.5 Å². The number of carbonyl (C=O) groups is 1. The molecule has 3 nitrogen and oxygen atoms in total. The third-order valence-electron chi connectivity index (χ3n) is 3.35. The van der Waals surface area contributed by atoms with Gasteiger partial charge in [0.2, 0.25) is 5.91 Å². The highest BCUT2D eigenvalue weighted by molar-refractivity contribution is 7.09. The van der Waals surface area contributed by atoms with Crippen LogP contribution in [0.3, 0.4) is 0 Å². The number of amides is 1. The molecule has 0 unspecified atom stereocenters. The lowest BCUT2D eigenvalue weighted by atomic mass is 10.1. The number of hydrogen-bond acceptors (Lipinski definition) is 3. The van der Waals surface area contributed by atoms with Crippen molar-refractivity contribution in [2.75, 3.05) is 6.54 Å². The summed E-state index contributed by atoms with van der Waals surface area (Å²) in [7, 11) is 0.